The van der Waals surface area contributed by atoms with Crippen molar-refractivity contribution in [1.82, 2.24) is 5.32 Å². The number of nitrogens with zero attached hydrogens (tertiary/aromatic N) is 1. The molecule has 0 amide bonds. The third-order valence-corrected chi connectivity index (χ3v) is 2.59. The minimum Gasteiger partial charge on any atom is -0.409 e. The van der Waals surface area contributed by atoms with Gasteiger partial charge in [-0.25, -0.2) is 0 Å². The number of nitrogens with one attached hydrogen (secondary N) is 1. The van der Waals surface area contributed by atoms with Crippen LogP contribution < -0.4 is 11.1 Å². The van der Waals surface area contributed by atoms with E-state index in [1.807, 2.05) is 0 Å². The standard InChI is InChI=1S/C9H19N3O/c1-3-7-5-8(7)11-6(2)4-9(10)12-13/h6-8,11,13H,3-5H2,1-2H3,(H2,10,12). The molecule has 0 bridgehead atoms. The van der Waals surface area contributed by atoms with E-state index in [2.05, 4.69) is 24.3 Å². The molecule has 0 heterocycles. The lowest BCUT2D eigenvalue weighted by atomic mass is 10.2. The van der Waals surface area contributed by atoms with Crippen molar-refractivity contribution < 1.29 is 5.21 Å². The van der Waals surface area contributed by atoms with Crippen molar-refractivity contribution in [3.05, 3.63) is 0 Å². The maximum absolute atomic E-state index is 8.37. The Bertz CT molecular complexity index is 193. The second-order valence-corrected chi connectivity index (χ2v) is 3.87. The predicted molar refractivity (Wildman–Crippen MR) is 52.8 cm³/mol. The largest absolute Gasteiger partial charge is 0.409 e. The van der Waals surface area contributed by atoms with Crippen LogP contribution in [0.5, 0.6) is 0 Å². The average Bonchev–Trinajstić information content (AvgIpc) is 2.82. The molecule has 0 aromatic rings. The summed E-state index contributed by atoms with van der Waals surface area (Å²) >= 11 is 0. The number of amidine groups is 1. The normalized spacial score (nSPS) is 30.2. The summed E-state index contributed by atoms with van der Waals surface area (Å²) in [6.07, 6.45) is 3.13. The van der Waals surface area contributed by atoms with Crippen molar-refractivity contribution in [3.8, 4) is 0 Å². The fourth-order valence-electron chi connectivity index (χ4n) is 1.68. The van der Waals surface area contributed by atoms with Crippen molar-refractivity contribution in [1.29, 1.82) is 0 Å². The van der Waals surface area contributed by atoms with Gasteiger partial charge in [0.1, 0.15) is 5.84 Å². The smallest absolute Gasteiger partial charge is 0.140 e. The molecule has 4 nitrogen and oxygen atoms in total. The SMILES string of the molecule is CCC1CC1NC(C)CC(N)=NO. The van der Waals surface area contributed by atoms with Crippen LogP contribution in [0.4, 0.5) is 0 Å². The molecule has 0 radical (unpaired) electrons. The van der Waals surface area contributed by atoms with Crippen molar-refractivity contribution in [2.45, 2.75) is 45.2 Å². The van der Waals surface area contributed by atoms with Crippen molar-refractivity contribution in [3.63, 3.8) is 0 Å². The van der Waals surface area contributed by atoms with Gasteiger partial charge in [-0.15, -0.1) is 0 Å². The molecule has 1 saturated carbocycles. The molecule has 1 aliphatic rings. The minimum absolute atomic E-state index is 0.300. The van der Waals surface area contributed by atoms with Gasteiger partial charge in [0.25, 0.3) is 0 Å². The van der Waals surface area contributed by atoms with Crippen LogP contribution in [0.3, 0.4) is 0 Å². The van der Waals surface area contributed by atoms with Crippen LogP contribution in [0.25, 0.3) is 0 Å². The first-order chi connectivity index (χ1) is 6.17. The van der Waals surface area contributed by atoms with Gasteiger partial charge < -0.3 is 16.3 Å². The van der Waals surface area contributed by atoms with Crippen molar-refractivity contribution in [2.75, 3.05) is 0 Å². The zero-order valence-corrected chi connectivity index (χ0v) is 8.33. The Hall–Kier alpha value is -0.770. The van der Waals surface area contributed by atoms with Gasteiger partial charge in [-0.2, -0.15) is 0 Å². The molecule has 13 heavy (non-hydrogen) atoms. The molecular formula is C9H19N3O. The first-order valence-corrected chi connectivity index (χ1v) is 4.89. The topological polar surface area (TPSA) is 70.6 Å². The van der Waals surface area contributed by atoms with Gasteiger partial charge in [0, 0.05) is 18.5 Å². The first-order valence-electron chi connectivity index (χ1n) is 4.89. The molecule has 3 unspecified atom stereocenters. The highest BCUT2D eigenvalue weighted by atomic mass is 16.4. The van der Waals surface area contributed by atoms with Crippen molar-refractivity contribution >= 4 is 5.84 Å². The second kappa shape index (κ2) is 4.46. The average molecular weight is 185 g/mol. The van der Waals surface area contributed by atoms with Crippen LogP contribution in [0.1, 0.15) is 33.1 Å². The number of oxime groups is 1. The summed E-state index contributed by atoms with van der Waals surface area (Å²) in [7, 11) is 0. The Labute approximate surface area is 79.2 Å². The van der Waals surface area contributed by atoms with E-state index < -0.39 is 0 Å². The highest BCUT2D eigenvalue weighted by molar-refractivity contribution is 5.80. The first kappa shape index (κ1) is 10.3. The lowest BCUT2D eigenvalue weighted by molar-refractivity contribution is 0.315. The van der Waals surface area contributed by atoms with Crippen molar-refractivity contribution in [2.24, 2.45) is 16.8 Å². The molecule has 0 aromatic carbocycles. The third kappa shape index (κ3) is 3.22. The highest BCUT2D eigenvalue weighted by Gasteiger charge is 2.35. The third-order valence-electron chi connectivity index (χ3n) is 2.59. The highest BCUT2D eigenvalue weighted by Crippen LogP contribution is 2.33. The molecule has 1 aliphatic carbocycles. The molecule has 4 heteroatoms. The summed E-state index contributed by atoms with van der Waals surface area (Å²) in [6, 6.07) is 0.962. The second-order valence-electron chi connectivity index (χ2n) is 3.87. The number of hydrogen-bond acceptors (Lipinski definition) is 3. The van der Waals surface area contributed by atoms with Gasteiger partial charge in [0.05, 0.1) is 0 Å². The van der Waals surface area contributed by atoms with Gasteiger partial charge in [0.2, 0.25) is 0 Å². The lowest BCUT2D eigenvalue weighted by Crippen LogP contribution is -2.33. The van der Waals surface area contributed by atoms with E-state index in [9.17, 15) is 0 Å². The molecule has 4 N–H and O–H groups in total. The fraction of sp³-hybridized carbons (Fsp3) is 0.889. The lowest BCUT2D eigenvalue weighted by Gasteiger charge is -2.12. The van der Waals surface area contributed by atoms with E-state index in [1.54, 1.807) is 0 Å². The Morgan fingerprint density at radius 3 is 2.92 bits per heavy atom. The van der Waals surface area contributed by atoms with Crippen LogP contribution in [-0.4, -0.2) is 23.1 Å². The molecule has 0 saturated heterocycles. The summed E-state index contributed by atoms with van der Waals surface area (Å²) < 4.78 is 0. The molecule has 3 atom stereocenters. The molecule has 0 aromatic heterocycles. The maximum Gasteiger partial charge on any atom is 0.140 e. The van der Waals surface area contributed by atoms with E-state index in [0.29, 0.717) is 24.3 Å². The summed E-state index contributed by atoms with van der Waals surface area (Å²) in [5.74, 6) is 1.14. The minimum atomic E-state index is 0.300. The fourth-order valence-corrected chi connectivity index (χ4v) is 1.68. The molecule has 1 rings (SSSR count). The zero-order valence-electron chi connectivity index (χ0n) is 8.33. The Kier molecular flexibility index (Phi) is 3.54. The summed E-state index contributed by atoms with van der Waals surface area (Å²) in [4.78, 5) is 0. The Morgan fingerprint density at radius 2 is 2.46 bits per heavy atom. The van der Waals surface area contributed by atoms with Gasteiger partial charge >= 0.3 is 0 Å². The quantitative estimate of drug-likeness (QED) is 0.258. The summed E-state index contributed by atoms with van der Waals surface area (Å²) in [6.45, 7) is 4.27. The van der Waals surface area contributed by atoms with Gasteiger partial charge in [-0.1, -0.05) is 18.5 Å². The Balaban J connectivity index is 2.15. The van der Waals surface area contributed by atoms with E-state index in [4.69, 9.17) is 10.9 Å². The number of hydrogen-bond donors (Lipinski definition) is 3. The summed E-state index contributed by atoms with van der Waals surface area (Å²) in [5, 5.41) is 14.8. The predicted octanol–water partition coefficient (Wildman–Crippen LogP) is 0.900. The van der Waals surface area contributed by atoms with Gasteiger partial charge in [-0.3, -0.25) is 0 Å². The van der Waals surface area contributed by atoms with Crippen LogP contribution in [-0.2, 0) is 0 Å². The molecule has 0 aliphatic heterocycles. The zero-order chi connectivity index (χ0) is 9.84. The molecule has 1 fully saturated rings. The van der Waals surface area contributed by atoms with E-state index >= 15 is 0 Å². The van der Waals surface area contributed by atoms with Crippen LogP contribution in [0.2, 0.25) is 0 Å². The van der Waals surface area contributed by atoms with E-state index in [0.717, 1.165) is 5.92 Å². The number of nitrogens with two attached hydrogens (primary N) is 1. The van der Waals surface area contributed by atoms with Crippen LogP contribution in [0, 0.1) is 5.92 Å². The number of rotatable bonds is 5. The van der Waals surface area contributed by atoms with E-state index in [-0.39, 0.29) is 0 Å². The Morgan fingerprint density at radius 1 is 1.77 bits per heavy atom. The molecular weight excluding hydrogens is 166 g/mol. The molecule has 76 valence electrons. The monoisotopic (exact) mass is 185 g/mol. The van der Waals surface area contributed by atoms with Gasteiger partial charge in [-0.05, 0) is 19.3 Å². The van der Waals surface area contributed by atoms with Gasteiger partial charge in [0.15, 0.2) is 0 Å². The van der Waals surface area contributed by atoms with Crippen LogP contribution >= 0.6 is 0 Å². The van der Waals surface area contributed by atoms with E-state index in [1.165, 1.54) is 12.8 Å². The molecule has 0 spiro atoms. The van der Waals surface area contributed by atoms with Crippen LogP contribution in [0.15, 0.2) is 5.16 Å². The summed E-state index contributed by atoms with van der Waals surface area (Å²) in [5.41, 5.74) is 5.40. The maximum atomic E-state index is 8.37.